The number of aromatic nitrogens is 3. The summed E-state index contributed by atoms with van der Waals surface area (Å²) in [5, 5.41) is 13.7. The molecule has 0 atom stereocenters. The fraction of sp³-hybridized carbons (Fsp3) is 0. The average Bonchev–Trinajstić information content (AvgIpc) is 2.99. The molecule has 0 aliphatic rings. The van der Waals surface area contributed by atoms with E-state index in [1.807, 2.05) is 89.3 Å². The maximum absolute atomic E-state index is 11.5. The van der Waals surface area contributed by atoms with Crippen LogP contribution < -0.4 is 0 Å². The molecule has 6 heteroatoms. The Morgan fingerprint density at radius 3 is 2.16 bits per heavy atom. The smallest absolute Gasteiger partial charge is 0.357 e. The van der Waals surface area contributed by atoms with E-state index in [-0.39, 0.29) is 5.69 Å². The molecule has 122 valence electrons. The first-order valence-corrected chi connectivity index (χ1v) is 8.66. The molecular formula is C19H12IN3O2. The highest BCUT2D eigenvalue weighted by Crippen LogP contribution is 2.29. The molecule has 1 N–H and O–H groups in total. The Morgan fingerprint density at radius 1 is 0.960 bits per heavy atom. The molecule has 2 heterocycles. The van der Waals surface area contributed by atoms with E-state index in [1.165, 1.54) is 0 Å². The number of carbonyl (C=O) groups is 1. The van der Waals surface area contributed by atoms with Crippen LogP contribution in [0.4, 0.5) is 0 Å². The SMILES string of the molecule is O=C(O)c1nn2c(-c3ccccc3)cc(-c3ccccc3)nc2c1I. The van der Waals surface area contributed by atoms with Crippen molar-refractivity contribution in [2.24, 2.45) is 0 Å². The van der Waals surface area contributed by atoms with Crippen molar-refractivity contribution in [1.29, 1.82) is 0 Å². The standard InChI is InChI=1S/C19H12IN3O2/c20-16-17(19(24)25)22-23-15(13-9-5-2-6-10-13)11-14(21-18(16)23)12-7-3-1-4-8-12/h1-11H,(H,24,25). The number of rotatable bonds is 3. The van der Waals surface area contributed by atoms with Crippen LogP contribution in [0.3, 0.4) is 0 Å². The van der Waals surface area contributed by atoms with Crippen molar-refractivity contribution >= 4 is 34.2 Å². The summed E-state index contributed by atoms with van der Waals surface area (Å²) in [6.45, 7) is 0. The van der Waals surface area contributed by atoms with Crippen LogP contribution in [0.25, 0.3) is 28.2 Å². The van der Waals surface area contributed by atoms with Gasteiger partial charge in [0.2, 0.25) is 0 Å². The van der Waals surface area contributed by atoms with E-state index in [2.05, 4.69) is 10.1 Å². The molecule has 0 unspecified atom stereocenters. The second-order valence-corrected chi connectivity index (χ2v) is 6.54. The highest BCUT2D eigenvalue weighted by molar-refractivity contribution is 14.1. The van der Waals surface area contributed by atoms with E-state index < -0.39 is 5.97 Å². The molecule has 0 fully saturated rings. The molecule has 2 aromatic heterocycles. The maximum atomic E-state index is 11.5. The highest BCUT2D eigenvalue weighted by Gasteiger charge is 2.21. The number of carboxylic acids is 1. The molecule has 0 radical (unpaired) electrons. The van der Waals surface area contributed by atoms with Crippen LogP contribution in [0.5, 0.6) is 0 Å². The van der Waals surface area contributed by atoms with Gasteiger partial charge in [0.05, 0.1) is 15.0 Å². The molecular weight excluding hydrogens is 429 g/mol. The summed E-state index contributed by atoms with van der Waals surface area (Å²) >= 11 is 1.99. The summed E-state index contributed by atoms with van der Waals surface area (Å²) < 4.78 is 2.13. The number of fused-ring (bicyclic) bond motifs is 1. The Morgan fingerprint density at radius 2 is 1.56 bits per heavy atom. The molecule has 4 rings (SSSR count). The molecule has 0 amide bonds. The van der Waals surface area contributed by atoms with Gasteiger partial charge in [-0.2, -0.15) is 5.10 Å². The Bertz CT molecular complexity index is 1080. The lowest BCUT2D eigenvalue weighted by molar-refractivity contribution is 0.0689. The third-order valence-electron chi connectivity index (χ3n) is 3.87. The van der Waals surface area contributed by atoms with E-state index in [0.717, 1.165) is 22.5 Å². The van der Waals surface area contributed by atoms with Crippen molar-refractivity contribution in [2.75, 3.05) is 0 Å². The van der Waals surface area contributed by atoms with Crippen molar-refractivity contribution in [3.63, 3.8) is 0 Å². The largest absolute Gasteiger partial charge is 0.476 e. The molecule has 0 aliphatic heterocycles. The lowest BCUT2D eigenvalue weighted by atomic mass is 10.1. The Balaban J connectivity index is 2.07. The average molecular weight is 441 g/mol. The van der Waals surface area contributed by atoms with E-state index in [4.69, 9.17) is 0 Å². The number of hydrogen-bond acceptors (Lipinski definition) is 3. The summed E-state index contributed by atoms with van der Waals surface area (Å²) in [6, 6.07) is 21.5. The summed E-state index contributed by atoms with van der Waals surface area (Å²) in [7, 11) is 0. The van der Waals surface area contributed by atoms with Gasteiger partial charge in [-0.05, 0) is 28.7 Å². The summed E-state index contributed by atoms with van der Waals surface area (Å²) in [5.74, 6) is -1.06. The zero-order chi connectivity index (χ0) is 17.4. The van der Waals surface area contributed by atoms with E-state index >= 15 is 0 Å². The minimum Gasteiger partial charge on any atom is -0.476 e. The zero-order valence-corrected chi connectivity index (χ0v) is 15.1. The fourth-order valence-corrected chi connectivity index (χ4v) is 3.39. The maximum Gasteiger partial charge on any atom is 0.357 e. The van der Waals surface area contributed by atoms with Gasteiger partial charge < -0.3 is 5.11 Å². The summed E-state index contributed by atoms with van der Waals surface area (Å²) in [6.07, 6.45) is 0. The first-order valence-electron chi connectivity index (χ1n) is 7.58. The van der Waals surface area contributed by atoms with Crippen molar-refractivity contribution < 1.29 is 9.90 Å². The minimum atomic E-state index is -1.06. The van der Waals surface area contributed by atoms with Gasteiger partial charge in [-0.25, -0.2) is 14.3 Å². The van der Waals surface area contributed by atoms with Crippen molar-refractivity contribution in [3.8, 4) is 22.5 Å². The number of aromatic carboxylic acids is 1. The molecule has 4 aromatic rings. The summed E-state index contributed by atoms with van der Waals surface area (Å²) in [4.78, 5) is 16.1. The van der Waals surface area contributed by atoms with Crippen LogP contribution in [0.1, 0.15) is 10.5 Å². The van der Waals surface area contributed by atoms with Crippen LogP contribution in [0, 0.1) is 3.57 Å². The summed E-state index contributed by atoms with van der Waals surface area (Å²) in [5.41, 5.74) is 4.05. The number of hydrogen-bond donors (Lipinski definition) is 1. The van der Waals surface area contributed by atoms with Crippen LogP contribution in [-0.2, 0) is 0 Å². The van der Waals surface area contributed by atoms with Gasteiger partial charge in [0, 0.05) is 11.1 Å². The van der Waals surface area contributed by atoms with Gasteiger partial charge in [0.1, 0.15) is 0 Å². The molecule has 0 bridgehead atoms. The van der Waals surface area contributed by atoms with Gasteiger partial charge in [-0.15, -0.1) is 0 Å². The van der Waals surface area contributed by atoms with Gasteiger partial charge in [-0.3, -0.25) is 0 Å². The number of benzene rings is 2. The van der Waals surface area contributed by atoms with Crippen molar-refractivity contribution in [1.82, 2.24) is 14.6 Å². The topological polar surface area (TPSA) is 67.5 Å². The molecule has 0 aliphatic carbocycles. The van der Waals surface area contributed by atoms with E-state index in [0.29, 0.717) is 9.22 Å². The Kier molecular flexibility index (Phi) is 3.96. The normalized spacial score (nSPS) is 10.9. The predicted molar refractivity (Wildman–Crippen MR) is 104 cm³/mol. The molecule has 5 nitrogen and oxygen atoms in total. The molecule has 2 aromatic carbocycles. The van der Waals surface area contributed by atoms with Gasteiger partial charge >= 0.3 is 5.97 Å². The van der Waals surface area contributed by atoms with Crippen LogP contribution in [0.2, 0.25) is 0 Å². The predicted octanol–water partition coefficient (Wildman–Crippen LogP) is 4.37. The molecule has 0 saturated heterocycles. The fourth-order valence-electron chi connectivity index (χ4n) is 2.70. The van der Waals surface area contributed by atoms with Crippen LogP contribution in [0.15, 0.2) is 66.7 Å². The highest BCUT2D eigenvalue weighted by atomic mass is 127. The van der Waals surface area contributed by atoms with Gasteiger partial charge in [0.15, 0.2) is 11.3 Å². The zero-order valence-electron chi connectivity index (χ0n) is 12.9. The third-order valence-corrected chi connectivity index (χ3v) is 4.87. The van der Waals surface area contributed by atoms with E-state index in [1.54, 1.807) is 4.52 Å². The Hall–Kier alpha value is -2.74. The van der Waals surface area contributed by atoms with Gasteiger partial charge in [-0.1, -0.05) is 60.7 Å². The quantitative estimate of drug-likeness (QED) is 0.480. The first kappa shape index (κ1) is 15.8. The molecule has 0 saturated carbocycles. The monoisotopic (exact) mass is 441 g/mol. The lowest BCUT2D eigenvalue weighted by Crippen LogP contribution is -2.01. The number of nitrogens with zero attached hydrogens (tertiary/aromatic N) is 3. The lowest BCUT2D eigenvalue weighted by Gasteiger charge is -2.08. The number of carboxylic acid groups (broad SMARTS) is 1. The van der Waals surface area contributed by atoms with Crippen LogP contribution >= 0.6 is 22.6 Å². The van der Waals surface area contributed by atoms with Crippen molar-refractivity contribution in [3.05, 3.63) is 76.0 Å². The Labute approximate surface area is 157 Å². The first-order chi connectivity index (χ1) is 12.1. The van der Waals surface area contributed by atoms with Crippen LogP contribution in [-0.4, -0.2) is 25.7 Å². The van der Waals surface area contributed by atoms with E-state index in [9.17, 15) is 9.90 Å². The molecule has 0 spiro atoms. The molecule has 25 heavy (non-hydrogen) atoms. The third kappa shape index (κ3) is 2.78. The second kappa shape index (κ2) is 6.29. The van der Waals surface area contributed by atoms with Crippen molar-refractivity contribution in [2.45, 2.75) is 0 Å². The second-order valence-electron chi connectivity index (χ2n) is 5.46. The van der Waals surface area contributed by atoms with Gasteiger partial charge in [0.25, 0.3) is 0 Å². The number of halogens is 1. The minimum absolute atomic E-state index is 0.00972.